The molecule has 5 heteroatoms. The van der Waals surface area contributed by atoms with Crippen LogP contribution in [-0.2, 0) is 16.1 Å². The van der Waals surface area contributed by atoms with Crippen molar-refractivity contribution in [1.82, 2.24) is 5.32 Å². The van der Waals surface area contributed by atoms with Gasteiger partial charge >= 0.3 is 5.97 Å². The van der Waals surface area contributed by atoms with Crippen molar-refractivity contribution in [3.8, 4) is 0 Å². The molecule has 1 heterocycles. The van der Waals surface area contributed by atoms with Crippen LogP contribution in [0.4, 0.5) is 0 Å². The second-order valence-corrected chi connectivity index (χ2v) is 6.68. The quantitative estimate of drug-likeness (QED) is 0.722. The zero-order valence-electron chi connectivity index (χ0n) is 13.2. The Hall–Kier alpha value is -2.66. The Labute approximate surface area is 144 Å². The summed E-state index contributed by atoms with van der Waals surface area (Å²) in [7, 11) is 0. The summed E-state index contributed by atoms with van der Waals surface area (Å²) in [6, 6.07) is 17.5. The molecule has 3 rings (SSSR count). The first-order chi connectivity index (χ1) is 11.6. The van der Waals surface area contributed by atoms with E-state index >= 15 is 0 Å². The first-order valence-corrected chi connectivity index (χ1v) is 8.42. The average Bonchev–Trinajstić information content (AvgIpc) is 3.04. The molecule has 0 saturated carbocycles. The Morgan fingerprint density at radius 3 is 2.62 bits per heavy atom. The number of aryl methyl sites for hydroxylation is 1. The lowest BCUT2D eigenvalue weighted by molar-refractivity contribution is -0.143. The van der Waals surface area contributed by atoms with E-state index in [9.17, 15) is 9.59 Å². The zero-order chi connectivity index (χ0) is 16.9. The number of fused-ring (bicyclic) bond motifs is 1. The summed E-state index contributed by atoms with van der Waals surface area (Å²) in [4.78, 5) is 25.4. The minimum atomic E-state index is -0.454. The van der Waals surface area contributed by atoms with Crippen LogP contribution >= 0.6 is 11.3 Å². The molecule has 0 aliphatic carbocycles. The van der Waals surface area contributed by atoms with E-state index in [-0.39, 0.29) is 19.1 Å². The Bertz CT molecular complexity index is 880. The van der Waals surface area contributed by atoms with Crippen molar-refractivity contribution in [3.05, 3.63) is 69.9 Å². The molecule has 0 saturated heterocycles. The molecule has 0 radical (unpaired) electrons. The molecule has 1 N–H and O–H groups in total. The molecule has 2 aromatic carbocycles. The number of hydrogen-bond donors (Lipinski definition) is 1. The molecule has 4 nitrogen and oxygen atoms in total. The van der Waals surface area contributed by atoms with Crippen molar-refractivity contribution in [3.63, 3.8) is 0 Å². The van der Waals surface area contributed by atoms with Gasteiger partial charge in [-0.3, -0.25) is 9.59 Å². The third kappa shape index (κ3) is 3.81. The number of carbonyl (C=O) groups excluding carboxylic acids is 2. The van der Waals surface area contributed by atoms with Crippen LogP contribution in [0.1, 0.15) is 20.1 Å². The van der Waals surface area contributed by atoms with E-state index < -0.39 is 5.97 Å². The number of rotatable bonds is 5. The van der Waals surface area contributed by atoms with Crippen molar-refractivity contribution in [2.45, 2.75) is 13.5 Å². The van der Waals surface area contributed by atoms with Gasteiger partial charge in [0, 0.05) is 4.88 Å². The van der Waals surface area contributed by atoms with Crippen LogP contribution in [0.5, 0.6) is 0 Å². The van der Waals surface area contributed by atoms with Crippen LogP contribution in [0.15, 0.2) is 54.6 Å². The Balaban J connectivity index is 1.54. The number of nitrogens with one attached hydrogen (secondary N) is 1. The Morgan fingerprint density at radius 1 is 1.04 bits per heavy atom. The predicted molar refractivity (Wildman–Crippen MR) is 95.1 cm³/mol. The zero-order valence-corrected chi connectivity index (χ0v) is 14.1. The number of amides is 1. The van der Waals surface area contributed by atoms with Crippen molar-refractivity contribution in [1.29, 1.82) is 0 Å². The molecular weight excluding hydrogens is 322 g/mol. The highest BCUT2D eigenvalue weighted by atomic mass is 32.1. The fourth-order valence-corrected chi connectivity index (χ4v) is 3.21. The SMILES string of the molecule is Cc1ccc(C(=O)NCC(=O)OCc2cccc3ccccc23)s1. The van der Waals surface area contributed by atoms with Crippen molar-refractivity contribution < 1.29 is 14.3 Å². The Morgan fingerprint density at radius 2 is 1.83 bits per heavy atom. The largest absolute Gasteiger partial charge is 0.459 e. The summed E-state index contributed by atoms with van der Waals surface area (Å²) in [6.07, 6.45) is 0. The van der Waals surface area contributed by atoms with E-state index in [0.29, 0.717) is 4.88 Å². The van der Waals surface area contributed by atoms with E-state index in [1.54, 1.807) is 6.07 Å². The third-order valence-corrected chi connectivity index (χ3v) is 4.63. The van der Waals surface area contributed by atoms with Gasteiger partial charge in [0.25, 0.3) is 5.91 Å². The average molecular weight is 339 g/mol. The number of ether oxygens (including phenoxy) is 1. The molecular formula is C19H17NO3S. The van der Waals surface area contributed by atoms with Crippen LogP contribution in [-0.4, -0.2) is 18.4 Å². The van der Waals surface area contributed by atoms with Crippen LogP contribution in [0.25, 0.3) is 10.8 Å². The van der Waals surface area contributed by atoms with Gasteiger partial charge < -0.3 is 10.1 Å². The highest BCUT2D eigenvalue weighted by Crippen LogP contribution is 2.19. The van der Waals surface area contributed by atoms with Gasteiger partial charge in [-0.15, -0.1) is 11.3 Å². The number of benzene rings is 2. The van der Waals surface area contributed by atoms with Crippen LogP contribution in [0.2, 0.25) is 0 Å². The molecule has 122 valence electrons. The first kappa shape index (κ1) is 16.2. The van der Waals surface area contributed by atoms with Gasteiger partial charge in [0.15, 0.2) is 0 Å². The first-order valence-electron chi connectivity index (χ1n) is 7.60. The molecule has 1 aromatic heterocycles. The van der Waals surface area contributed by atoms with E-state index in [4.69, 9.17) is 4.74 Å². The normalized spacial score (nSPS) is 10.5. The van der Waals surface area contributed by atoms with Crippen LogP contribution in [0.3, 0.4) is 0 Å². The number of carbonyl (C=O) groups is 2. The van der Waals surface area contributed by atoms with Gasteiger partial charge in [-0.05, 0) is 35.4 Å². The van der Waals surface area contributed by atoms with Gasteiger partial charge in [-0.1, -0.05) is 42.5 Å². The van der Waals surface area contributed by atoms with E-state index in [1.165, 1.54) is 11.3 Å². The summed E-state index contributed by atoms with van der Waals surface area (Å²) < 4.78 is 5.28. The maximum Gasteiger partial charge on any atom is 0.325 e. The van der Waals surface area contributed by atoms with Gasteiger partial charge in [-0.2, -0.15) is 0 Å². The highest BCUT2D eigenvalue weighted by molar-refractivity contribution is 7.13. The lowest BCUT2D eigenvalue weighted by Gasteiger charge is -2.08. The van der Waals surface area contributed by atoms with Gasteiger partial charge in [0.05, 0.1) is 4.88 Å². The maximum absolute atomic E-state index is 11.9. The number of hydrogen-bond acceptors (Lipinski definition) is 4. The maximum atomic E-state index is 11.9. The predicted octanol–water partition coefficient (Wildman–Crippen LogP) is 3.68. The second kappa shape index (κ2) is 7.27. The Kier molecular flexibility index (Phi) is 4.91. The summed E-state index contributed by atoms with van der Waals surface area (Å²) in [5, 5.41) is 4.75. The summed E-state index contributed by atoms with van der Waals surface area (Å²) in [5.74, 6) is -0.709. The highest BCUT2D eigenvalue weighted by Gasteiger charge is 2.11. The summed E-state index contributed by atoms with van der Waals surface area (Å²) in [6.45, 7) is 1.98. The molecule has 1 amide bonds. The fraction of sp³-hybridized carbons (Fsp3) is 0.158. The van der Waals surface area contributed by atoms with Crippen molar-refractivity contribution >= 4 is 34.0 Å². The van der Waals surface area contributed by atoms with Gasteiger partial charge in [0.2, 0.25) is 0 Å². The van der Waals surface area contributed by atoms with Crippen molar-refractivity contribution in [2.75, 3.05) is 6.54 Å². The lowest BCUT2D eigenvalue weighted by Crippen LogP contribution is -2.30. The molecule has 0 unspecified atom stereocenters. The summed E-state index contributed by atoms with van der Waals surface area (Å²) >= 11 is 1.39. The van der Waals surface area contributed by atoms with Gasteiger partial charge in [-0.25, -0.2) is 0 Å². The van der Waals surface area contributed by atoms with Gasteiger partial charge in [0.1, 0.15) is 13.2 Å². The smallest absolute Gasteiger partial charge is 0.325 e. The fourth-order valence-electron chi connectivity index (χ4n) is 2.42. The standard InChI is InChI=1S/C19H17NO3S/c1-13-9-10-17(24-13)19(22)20-11-18(21)23-12-15-7-4-6-14-5-2-3-8-16(14)15/h2-10H,11-12H2,1H3,(H,20,22). The van der Waals surface area contributed by atoms with E-state index in [0.717, 1.165) is 21.2 Å². The topological polar surface area (TPSA) is 55.4 Å². The van der Waals surface area contributed by atoms with E-state index in [2.05, 4.69) is 5.32 Å². The number of thiophene rings is 1. The number of esters is 1. The third-order valence-electron chi connectivity index (χ3n) is 3.63. The van der Waals surface area contributed by atoms with E-state index in [1.807, 2.05) is 55.5 Å². The second-order valence-electron chi connectivity index (χ2n) is 5.39. The lowest BCUT2D eigenvalue weighted by atomic mass is 10.1. The molecule has 3 aromatic rings. The van der Waals surface area contributed by atoms with Crippen molar-refractivity contribution in [2.24, 2.45) is 0 Å². The molecule has 0 spiro atoms. The molecule has 24 heavy (non-hydrogen) atoms. The molecule has 0 aliphatic rings. The molecule has 0 fully saturated rings. The minimum Gasteiger partial charge on any atom is -0.459 e. The van der Waals surface area contributed by atoms with Crippen LogP contribution in [0, 0.1) is 6.92 Å². The molecule has 0 bridgehead atoms. The van der Waals surface area contributed by atoms with Crippen LogP contribution < -0.4 is 5.32 Å². The summed E-state index contributed by atoms with van der Waals surface area (Å²) in [5.41, 5.74) is 0.946. The molecule has 0 aliphatic heterocycles. The monoisotopic (exact) mass is 339 g/mol. The molecule has 0 atom stereocenters. The minimum absolute atomic E-state index is 0.138.